The monoisotopic (exact) mass is 376 g/mol. The molecule has 1 amide bonds. The van der Waals surface area contributed by atoms with Crippen LogP contribution in [0.4, 0.5) is 5.69 Å². The van der Waals surface area contributed by atoms with E-state index in [1.54, 1.807) is 36.7 Å². The predicted molar refractivity (Wildman–Crippen MR) is 105 cm³/mol. The smallest absolute Gasteiger partial charge is 0.255 e. The van der Waals surface area contributed by atoms with Crippen molar-refractivity contribution < 1.29 is 9.00 Å². The maximum atomic E-state index is 12.4. The molecule has 0 bridgehead atoms. The summed E-state index contributed by atoms with van der Waals surface area (Å²) >= 11 is 0. The lowest BCUT2D eigenvalue weighted by molar-refractivity contribution is 0.102. The van der Waals surface area contributed by atoms with E-state index in [-0.39, 0.29) is 5.91 Å². The first-order chi connectivity index (χ1) is 13.1. The van der Waals surface area contributed by atoms with E-state index in [4.69, 9.17) is 0 Å². The van der Waals surface area contributed by atoms with Crippen LogP contribution in [0.3, 0.4) is 0 Å². The molecular formula is C20H16N4O2S. The molecule has 2 aromatic carbocycles. The van der Waals surface area contributed by atoms with Crippen molar-refractivity contribution in [3.05, 3.63) is 78.8 Å². The molecule has 2 heterocycles. The number of carbonyl (C=O) groups is 1. The number of anilines is 1. The number of imidazole rings is 1. The number of carbonyl (C=O) groups excluding carboxylic acids is 1. The molecule has 0 saturated heterocycles. The molecule has 0 fully saturated rings. The lowest BCUT2D eigenvalue weighted by Gasteiger charge is -2.06. The van der Waals surface area contributed by atoms with Gasteiger partial charge in [-0.25, -0.2) is 9.97 Å². The normalized spacial score (nSPS) is 12.0. The number of fused-ring (bicyclic) bond motifs is 1. The third-order valence-corrected chi connectivity index (χ3v) is 5.06. The van der Waals surface area contributed by atoms with Gasteiger partial charge < -0.3 is 5.32 Å². The average Bonchev–Trinajstić information content (AvgIpc) is 3.13. The minimum Gasteiger partial charge on any atom is -0.322 e. The molecule has 1 N–H and O–H groups in total. The van der Waals surface area contributed by atoms with Crippen LogP contribution in [0.1, 0.15) is 10.4 Å². The maximum absolute atomic E-state index is 12.4. The van der Waals surface area contributed by atoms with Gasteiger partial charge in [-0.05, 0) is 42.5 Å². The Balaban J connectivity index is 1.50. The standard InChI is InChI=1S/C20H16N4O2S/c1-27(26)17-9-5-15(6-10-17)19(25)22-16-7-3-14(4-8-16)18-13-24-12-2-11-21-20(24)23-18/h2-13H,1H3,(H,22,25)/t27-/m1/s1. The number of nitrogens with zero attached hydrogens (tertiary/aromatic N) is 3. The quantitative estimate of drug-likeness (QED) is 0.592. The van der Waals surface area contributed by atoms with E-state index < -0.39 is 10.8 Å². The van der Waals surface area contributed by atoms with Gasteiger partial charge in [-0.3, -0.25) is 13.4 Å². The van der Waals surface area contributed by atoms with Gasteiger partial charge >= 0.3 is 0 Å². The molecule has 0 radical (unpaired) electrons. The summed E-state index contributed by atoms with van der Waals surface area (Å²) in [6, 6.07) is 16.1. The summed E-state index contributed by atoms with van der Waals surface area (Å²) in [5.41, 5.74) is 2.96. The van der Waals surface area contributed by atoms with Crippen molar-refractivity contribution in [2.45, 2.75) is 4.90 Å². The first-order valence-electron chi connectivity index (χ1n) is 8.25. The zero-order chi connectivity index (χ0) is 18.8. The molecule has 1 atom stereocenters. The number of hydrogen-bond donors (Lipinski definition) is 1. The number of hydrogen-bond acceptors (Lipinski definition) is 4. The summed E-state index contributed by atoms with van der Waals surface area (Å²) in [6.07, 6.45) is 7.12. The molecule has 0 spiro atoms. The third kappa shape index (κ3) is 3.63. The summed E-state index contributed by atoms with van der Waals surface area (Å²) in [7, 11) is -1.06. The Bertz CT molecular complexity index is 1100. The van der Waals surface area contributed by atoms with Gasteiger partial charge in [-0.15, -0.1) is 0 Å². The molecule has 0 saturated carbocycles. The van der Waals surface area contributed by atoms with Crippen LogP contribution >= 0.6 is 0 Å². The van der Waals surface area contributed by atoms with Crippen molar-refractivity contribution in [3.8, 4) is 11.3 Å². The zero-order valence-electron chi connectivity index (χ0n) is 14.5. The highest BCUT2D eigenvalue weighted by Gasteiger charge is 2.08. The first kappa shape index (κ1) is 17.1. The number of aromatic nitrogens is 3. The molecule has 0 aliphatic heterocycles. The molecule has 2 aromatic heterocycles. The number of amides is 1. The van der Waals surface area contributed by atoms with Crippen LogP contribution in [0.5, 0.6) is 0 Å². The Hall–Kier alpha value is -3.32. The molecular weight excluding hydrogens is 360 g/mol. The number of benzene rings is 2. The SMILES string of the molecule is C[S@@](=O)c1ccc(C(=O)Nc2ccc(-c3cn4cccnc4n3)cc2)cc1. The maximum Gasteiger partial charge on any atom is 0.255 e. The van der Waals surface area contributed by atoms with E-state index >= 15 is 0 Å². The summed E-state index contributed by atoms with van der Waals surface area (Å²) in [5.74, 6) is 0.425. The summed E-state index contributed by atoms with van der Waals surface area (Å²) < 4.78 is 13.3. The Kier molecular flexibility index (Phi) is 4.52. The fraction of sp³-hybridized carbons (Fsp3) is 0.0500. The predicted octanol–water partition coefficient (Wildman–Crippen LogP) is 3.39. The van der Waals surface area contributed by atoms with Crippen molar-refractivity contribution in [1.29, 1.82) is 0 Å². The zero-order valence-corrected chi connectivity index (χ0v) is 15.3. The van der Waals surface area contributed by atoms with Crippen LogP contribution in [-0.4, -0.2) is 30.7 Å². The van der Waals surface area contributed by atoms with E-state index in [0.717, 1.165) is 11.3 Å². The molecule has 0 aliphatic rings. The van der Waals surface area contributed by atoms with Crippen molar-refractivity contribution in [2.24, 2.45) is 0 Å². The number of rotatable bonds is 4. The summed E-state index contributed by atoms with van der Waals surface area (Å²) in [5, 5.41) is 2.86. The van der Waals surface area contributed by atoms with Gasteiger partial charge in [0.15, 0.2) is 0 Å². The molecule has 7 heteroatoms. The van der Waals surface area contributed by atoms with Gasteiger partial charge in [0.25, 0.3) is 5.91 Å². The minimum atomic E-state index is -1.06. The van der Waals surface area contributed by atoms with E-state index in [1.165, 1.54) is 0 Å². The number of nitrogens with one attached hydrogen (secondary N) is 1. The largest absolute Gasteiger partial charge is 0.322 e. The van der Waals surface area contributed by atoms with Crippen LogP contribution in [0.25, 0.3) is 17.0 Å². The summed E-state index contributed by atoms with van der Waals surface area (Å²) in [4.78, 5) is 21.7. The first-order valence-corrected chi connectivity index (χ1v) is 9.81. The highest BCUT2D eigenvalue weighted by molar-refractivity contribution is 7.84. The second kappa shape index (κ2) is 7.13. The average molecular weight is 376 g/mol. The highest BCUT2D eigenvalue weighted by atomic mass is 32.2. The van der Waals surface area contributed by atoms with Gasteiger partial charge in [0.1, 0.15) is 0 Å². The van der Waals surface area contributed by atoms with Gasteiger partial charge in [0.05, 0.1) is 5.69 Å². The van der Waals surface area contributed by atoms with Crippen LogP contribution in [0, 0.1) is 0 Å². The van der Waals surface area contributed by atoms with E-state index in [9.17, 15) is 9.00 Å². The molecule has 0 aliphatic carbocycles. The lowest BCUT2D eigenvalue weighted by Crippen LogP contribution is -2.11. The highest BCUT2D eigenvalue weighted by Crippen LogP contribution is 2.21. The lowest BCUT2D eigenvalue weighted by atomic mass is 10.1. The van der Waals surface area contributed by atoms with E-state index in [2.05, 4.69) is 15.3 Å². The molecule has 0 unspecified atom stereocenters. The van der Waals surface area contributed by atoms with Crippen LogP contribution < -0.4 is 5.32 Å². The fourth-order valence-electron chi connectivity index (χ4n) is 2.69. The molecule has 6 nitrogen and oxygen atoms in total. The molecule has 4 aromatic rings. The van der Waals surface area contributed by atoms with Crippen molar-refractivity contribution in [1.82, 2.24) is 14.4 Å². The topological polar surface area (TPSA) is 76.4 Å². The van der Waals surface area contributed by atoms with Gasteiger partial charge in [-0.2, -0.15) is 0 Å². The fourth-order valence-corrected chi connectivity index (χ4v) is 3.21. The van der Waals surface area contributed by atoms with Crippen molar-refractivity contribution >= 4 is 28.2 Å². The Morgan fingerprint density at radius 3 is 2.48 bits per heavy atom. The molecule has 4 rings (SSSR count). The summed E-state index contributed by atoms with van der Waals surface area (Å²) in [6.45, 7) is 0. The van der Waals surface area contributed by atoms with Crippen molar-refractivity contribution in [3.63, 3.8) is 0 Å². The Labute approximate surface area is 158 Å². The van der Waals surface area contributed by atoms with E-state index in [0.29, 0.717) is 21.9 Å². The Morgan fingerprint density at radius 2 is 1.81 bits per heavy atom. The van der Waals surface area contributed by atoms with Gasteiger partial charge in [0.2, 0.25) is 5.78 Å². The molecule has 134 valence electrons. The van der Waals surface area contributed by atoms with E-state index in [1.807, 2.05) is 47.1 Å². The second-order valence-electron chi connectivity index (χ2n) is 5.96. The van der Waals surface area contributed by atoms with Gasteiger partial charge in [-0.1, -0.05) is 12.1 Å². The van der Waals surface area contributed by atoms with Crippen LogP contribution in [0.15, 0.2) is 78.1 Å². The van der Waals surface area contributed by atoms with Crippen LogP contribution in [0.2, 0.25) is 0 Å². The van der Waals surface area contributed by atoms with Crippen LogP contribution in [-0.2, 0) is 10.8 Å². The minimum absolute atomic E-state index is 0.215. The van der Waals surface area contributed by atoms with Gasteiger partial charge in [0, 0.05) is 57.4 Å². The Morgan fingerprint density at radius 1 is 1.07 bits per heavy atom. The molecule has 27 heavy (non-hydrogen) atoms. The third-order valence-electron chi connectivity index (χ3n) is 4.12. The second-order valence-corrected chi connectivity index (χ2v) is 7.34. The van der Waals surface area contributed by atoms with Crippen molar-refractivity contribution in [2.75, 3.05) is 11.6 Å².